The van der Waals surface area contributed by atoms with Gasteiger partial charge in [-0.2, -0.15) is 0 Å². The van der Waals surface area contributed by atoms with E-state index in [9.17, 15) is 4.79 Å². The molecule has 8 heteroatoms. The largest absolute Gasteiger partial charge is 0.478 e. The average molecular weight is 298 g/mol. The number of aromatic nitrogens is 3. The van der Waals surface area contributed by atoms with Gasteiger partial charge in [-0.3, -0.25) is 4.40 Å². The Hall–Kier alpha value is -2.05. The molecule has 0 spiro atoms. The van der Waals surface area contributed by atoms with Crippen LogP contribution in [0.1, 0.15) is 10.4 Å². The monoisotopic (exact) mass is 297 g/mol. The molecular weight excluding hydrogens is 293 g/mol. The molecular formula is C11H5Cl2N3O3. The van der Waals surface area contributed by atoms with Crippen LogP contribution in [-0.2, 0) is 0 Å². The summed E-state index contributed by atoms with van der Waals surface area (Å²) in [6.45, 7) is 0. The summed E-state index contributed by atoms with van der Waals surface area (Å²) in [4.78, 5) is 11.0. The summed E-state index contributed by atoms with van der Waals surface area (Å²) in [7, 11) is 0. The van der Waals surface area contributed by atoms with Crippen molar-refractivity contribution < 1.29 is 14.3 Å². The molecule has 3 heterocycles. The lowest BCUT2D eigenvalue weighted by molar-refractivity contribution is 0.0696. The third-order valence-electron chi connectivity index (χ3n) is 2.50. The van der Waals surface area contributed by atoms with Crippen molar-refractivity contribution in [1.82, 2.24) is 14.6 Å². The first-order valence-electron chi connectivity index (χ1n) is 5.09. The number of aromatic carboxylic acids is 1. The zero-order chi connectivity index (χ0) is 13.6. The molecule has 6 nitrogen and oxygen atoms in total. The van der Waals surface area contributed by atoms with Gasteiger partial charge in [0.05, 0.1) is 10.6 Å². The normalized spacial score (nSPS) is 11.1. The molecule has 0 unspecified atom stereocenters. The predicted octanol–water partition coefficient (Wildman–Crippen LogP) is 2.99. The summed E-state index contributed by atoms with van der Waals surface area (Å²) >= 11 is 11.7. The van der Waals surface area contributed by atoms with Gasteiger partial charge in [0.15, 0.2) is 16.6 Å². The first kappa shape index (κ1) is 12.0. The van der Waals surface area contributed by atoms with E-state index in [1.165, 1.54) is 16.7 Å². The molecule has 0 atom stereocenters. The van der Waals surface area contributed by atoms with E-state index in [-0.39, 0.29) is 15.8 Å². The minimum atomic E-state index is -1.10. The van der Waals surface area contributed by atoms with Crippen molar-refractivity contribution in [3.8, 4) is 11.6 Å². The van der Waals surface area contributed by atoms with E-state index in [1.807, 2.05) is 0 Å². The van der Waals surface area contributed by atoms with Crippen LogP contribution in [0.25, 0.3) is 17.2 Å². The van der Waals surface area contributed by atoms with Gasteiger partial charge >= 0.3 is 5.97 Å². The summed E-state index contributed by atoms with van der Waals surface area (Å²) in [5.74, 6) is -0.399. The van der Waals surface area contributed by atoms with E-state index in [1.54, 1.807) is 12.1 Å². The van der Waals surface area contributed by atoms with E-state index in [2.05, 4.69) is 10.2 Å². The van der Waals surface area contributed by atoms with Gasteiger partial charge in [-0.25, -0.2) is 4.79 Å². The first-order chi connectivity index (χ1) is 9.06. The molecule has 3 aromatic heterocycles. The summed E-state index contributed by atoms with van der Waals surface area (Å²) < 4.78 is 6.67. The zero-order valence-corrected chi connectivity index (χ0v) is 10.7. The van der Waals surface area contributed by atoms with Crippen molar-refractivity contribution in [3.05, 3.63) is 40.2 Å². The van der Waals surface area contributed by atoms with Crippen molar-refractivity contribution in [2.24, 2.45) is 0 Å². The minimum absolute atomic E-state index is 0.0243. The Bertz CT molecular complexity index is 794. The zero-order valence-electron chi connectivity index (χ0n) is 9.17. The second kappa shape index (κ2) is 4.25. The SMILES string of the molecule is O=C(O)c1cc(Cl)c2nnc(-c3ccc(Cl)o3)n2c1. The van der Waals surface area contributed by atoms with Gasteiger partial charge in [0.2, 0.25) is 5.82 Å². The predicted molar refractivity (Wildman–Crippen MR) is 67.7 cm³/mol. The Morgan fingerprint density at radius 2 is 2.11 bits per heavy atom. The van der Waals surface area contributed by atoms with E-state index < -0.39 is 5.97 Å². The van der Waals surface area contributed by atoms with Crippen molar-refractivity contribution >= 4 is 34.8 Å². The molecule has 0 aliphatic heterocycles. The van der Waals surface area contributed by atoms with Gasteiger partial charge in [-0.1, -0.05) is 11.6 Å². The second-order valence-corrected chi connectivity index (χ2v) is 4.48. The molecule has 0 aliphatic rings. The molecule has 0 aliphatic carbocycles. The number of hydrogen-bond acceptors (Lipinski definition) is 4. The summed E-state index contributed by atoms with van der Waals surface area (Å²) in [6.07, 6.45) is 1.37. The molecule has 0 aromatic carbocycles. The second-order valence-electron chi connectivity index (χ2n) is 3.70. The van der Waals surface area contributed by atoms with Crippen LogP contribution in [0.5, 0.6) is 0 Å². The summed E-state index contributed by atoms with van der Waals surface area (Å²) in [5, 5.41) is 17.2. The number of hydrogen-bond donors (Lipinski definition) is 1. The maximum absolute atomic E-state index is 11.0. The number of furan rings is 1. The van der Waals surface area contributed by atoms with Crippen LogP contribution >= 0.6 is 23.2 Å². The van der Waals surface area contributed by atoms with E-state index in [0.717, 1.165) is 0 Å². The molecule has 0 bridgehead atoms. The average Bonchev–Trinajstić information content (AvgIpc) is 2.94. The van der Waals surface area contributed by atoms with Crippen molar-refractivity contribution in [1.29, 1.82) is 0 Å². The van der Waals surface area contributed by atoms with Crippen LogP contribution in [0.15, 0.2) is 28.8 Å². The Balaban J connectivity index is 2.29. The summed E-state index contributed by atoms with van der Waals surface area (Å²) in [5.41, 5.74) is 0.366. The third-order valence-corrected chi connectivity index (χ3v) is 2.98. The van der Waals surface area contributed by atoms with Gasteiger partial charge in [0.25, 0.3) is 0 Å². The minimum Gasteiger partial charge on any atom is -0.478 e. The van der Waals surface area contributed by atoms with E-state index in [0.29, 0.717) is 17.2 Å². The number of halogens is 2. The van der Waals surface area contributed by atoms with Gasteiger partial charge in [0.1, 0.15) is 0 Å². The number of pyridine rings is 1. The van der Waals surface area contributed by atoms with Crippen LogP contribution in [0.3, 0.4) is 0 Å². The number of fused-ring (bicyclic) bond motifs is 1. The molecule has 3 rings (SSSR count). The molecule has 19 heavy (non-hydrogen) atoms. The maximum Gasteiger partial charge on any atom is 0.337 e. The van der Waals surface area contributed by atoms with E-state index >= 15 is 0 Å². The van der Waals surface area contributed by atoms with Crippen molar-refractivity contribution in [2.45, 2.75) is 0 Å². The van der Waals surface area contributed by atoms with E-state index in [4.69, 9.17) is 32.7 Å². The quantitative estimate of drug-likeness (QED) is 0.786. The smallest absolute Gasteiger partial charge is 0.337 e. The Labute approximate surface area is 116 Å². The number of carbonyl (C=O) groups is 1. The van der Waals surface area contributed by atoms with Gasteiger partial charge in [-0.15, -0.1) is 10.2 Å². The van der Waals surface area contributed by atoms with Crippen LogP contribution in [-0.4, -0.2) is 25.7 Å². The molecule has 3 aromatic rings. The highest BCUT2D eigenvalue weighted by Gasteiger charge is 2.16. The standard InChI is InChI=1S/C11H5Cl2N3O3/c12-6-3-5(11(17)18)4-16-9(6)14-15-10(16)7-1-2-8(13)19-7/h1-4H,(H,17,18). The number of nitrogens with zero attached hydrogens (tertiary/aromatic N) is 3. The third kappa shape index (κ3) is 1.94. The first-order valence-corrected chi connectivity index (χ1v) is 5.85. The molecule has 96 valence electrons. The lowest BCUT2D eigenvalue weighted by Crippen LogP contribution is -2.00. The highest BCUT2D eigenvalue weighted by molar-refractivity contribution is 6.33. The van der Waals surface area contributed by atoms with Crippen molar-refractivity contribution in [2.75, 3.05) is 0 Å². The van der Waals surface area contributed by atoms with Crippen LogP contribution in [0.2, 0.25) is 10.2 Å². The molecule has 0 radical (unpaired) electrons. The van der Waals surface area contributed by atoms with Crippen LogP contribution in [0, 0.1) is 0 Å². The topological polar surface area (TPSA) is 80.6 Å². The lowest BCUT2D eigenvalue weighted by atomic mass is 10.3. The van der Waals surface area contributed by atoms with Gasteiger partial charge < -0.3 is 9.52 Å². The fraction of sp³-hybridized carbons (Fsp3) is 0. The van der Waals surface area contributed by atoms with Gasteiger partial charge in [0, 0.05) is 6.20 Å². The molecule has 1 N–H and O–H groups in total. The Morgan fingerprint density at radius 1 is 1.32 bits per heavy atom. The molecule has 0 saturated heterocycles. The fourth-order valence-electron chi connectivity index (χ4n) is 1.67. The van der Waals surface area contributed by atoms with Gasteiger partial charge in [-0.05, 0) is 29.8 Å². The highest BCUT2D eigenvalue weighted by Crippen LogP contribution is 2.26. The summed E-state index contributed by atoms with van der Waals surface area (Å²) in [6, 6.07) is 4.48. The molecule has 0 saturated carbocycles. The number of rotatable bonds is 2. The Morgan fingerprint density at radius 3 is 2.74 bits per heavy atom. The van der Waals surface area contributed by atoms with Crippen LogP contribution < -0.4 is 0 Å². The molecule has 0 amide bonds. The highest BCUT2D eigenvalue weighted by atomic mass is 35.5. The van der Waals surface area contributed by atoms with Crippen LogP contribution in [0.4, 0.5) is 0 Å². The molecule has 0 fully saturated rings. The maximum atomic E-state index is 11.0. The fourth-order valence-corrected chi connectivity index (χ4v) is 2.07. The lowest BCUT2D eigenvalue weighted by Gasteiger charge is -2.01. The number of carboxylic acid groups (broad SMARTS) is 1. The number of carboxylic acids is 1. The Kier molecular flexibility index (Phi) is 2.69. The van der Waals surface area contributed by atoms with Crippen molar-refractivity contribution in [3.63, 3.8) is 0 Å².